The second kappa shape index (κ2) is 4.15. The largest absolute Gasteiger partial charge is 0.385 e. The van der Waals surface area contributed by atoms with Gasteiger partial charge in [0.15, 0.2) is 6.29 Å². The Morgan fingerprint density at radius 3 is 2.50 bits per heavy atom. The van der Waals surface area contributed by atoms with Crippen LogP contribution in [0.15, 0.2) is 0 Å². The van der Waals surface area contributed by atoms with Crippen molar-refractivity contribution in [3.63, 3.8) is 0 Å². The van der Waals surface area contributed by atoms with E-state index in [1.807, 2.05) is 0 Å². The summed E-state index contributed by atoms with van der Waals surface area (Å²) in [6.45, 7) is 0.298. The maximum atomic E-state index is 9.30. The molecule has 72 valence electrons. The van der Waals surface area contributed by atoms with Gasteiger partial charge in [0.25, 0.3) is 0 Å². The molecule has 0 aromatic heterocycles. The SMILES string of the molecule is COCC1OC(O)C(O)C1OC. The lowest BCUT2D eigenvalue weighted by molar-refractivity contribution is -0.134. The van der Waals surface area contributed by atoms with Gasteiger partial charge in [-0.1, -0.05) is 0 Å². The third-order valence-electron chi connectivity index (χ3n) is 1.91. The van der Waals surface area contributed by atoms with Gasteiger partial charge < -0.3 is 24.4 Å². The van der Waals surface area contributed by atoms with E-state index in [9.17, 15) is 5.11 Å². The van der Waals surface area contributed by atoms with Crippen LogP contribution in [0.4, 0.5) is 0 Å². The molecular weight excluding hydrogens is 164 g/mol. The molecule has 5 heteroatoms. The first-order chi connectivity index (χ1) is 5.70. The predicted molar refractivity (Wildman–Crippen MR) is 39.6 cm³/mol. The third kappa shape index (κ3) is 1.75. The maximum absolute atomic E-state index is 9.30. The first-order valence-electron chi connectivity index (χ1n) is 3.74. The predicted octanol–water partition coefficient (Wildman–Crippen LogP) is -1.27. The van der Waals surface area contributed by atoms with Crippen LogP contribution in [-0.2, 0) is 14.2 Å². The first kappa shape index (κ1) is 9.88. The molecule has 1 saturated heterocycles. The highest BCUT2D eigenvalue weighted by Gasteiger charge is 2.42. The van der Waals surface area contributed by atoms with Crippen LogP contribution in [0.3, 0.4) is 0 Å². The molecule has 2 N–H and O–H groups in total. The van der Waals surface area contributed by atoms with Crippen molar-refractivity contribution >= 4 is 0 Å². The molecule has 1 rings (SSSR count). The minimum Gasteiger partial charge on any atom is -0.385 e. The highest BCUT2D eigenvalue weighted by atomic mass is 16.7. The van der Waals surface area contributed by atoms with Gasteiger partial charge in [0.05, 0.1) is 6.61 Å². The van der Waals surface area contributed by atoms with E-state index >= 15 is 0 Å². The molecule has 0 spiro atoms. The minimum absolute atomic E-state index is 0.298. The zero-order chi connectivity index (χ0) is 9.14. The van der Waals surface area contributed by atoms with E-state index in [1.165, 1.54) is 14.2 Å². The van der Waals surface area contributed by atoms with E-state index in [1.54, 1.807) is 0 Å². The molecule has 0 saturated carbocycles. The van der Waals surface area contributed by atoms with Gasteiger partial charge in [0.2, 0.25) is 0 Å². The van der Waals surface area contributed by atoms with Crippen LogP contribution in [0, 0.1) is 0 Å². The van der Waals surface area contributed by atoms with Crippen molar-refractivity contribution < 1.29 is 24.4 Å². The number of methoxy groups -OCH3 is 2. The van der Waals surface area contributed by atoms with Crippen LogP contribution in [-0.4, -0.2) is 55.6 Å². The second-order valence-corrected chi connectivity index (χ2v) is 2.71. The molecule has 1 heterocycles. The Balaban J connectivity index is 2.52. The monoisotopic (exact) mass is 178 g/mol. The summed E-state index contributed by atoms with van der Waals surface area (Å²) in [5.74, 6) is 0. The van der Waals surface area contributed by atoms with Crippen LogP contribution in [0.25, 0.3) is 0 Å². The normalized spacial score (nSPS) is 42.0. The van der Waals surface area contributed by atoms with Crippen molar-refractivity contribution in [3.05, 3.63) is 0 Å². The molecule has 4 atom stereocenters. The molecule has 1 aliphatic rings. The van der Waals surface area contributed by atoms with E-state index in [4.69, 9.17) is 19.3 Å². The summed E-state index contributed by atoms with van der Waals surface area (Å²) in [7, 11) is 2.98. The molecule has 0 aliphatic carbocycles. The molecule has 0 bridgehead atoms. The summed E-state index contributed by atoms with van der Waals surface area (Å²) < 4.78 is 14.7. The van der Waals surface area contributed by atoms with Crippen molar-refractivity contribution in [1.82, 2.24) is 0 Å². The number of aliphatic hydroxyl groups is 2. The smallest absolute Gasteiger partial charge is 0.184 e. The van der Waals surface area contributed by atoms with Crippen molar-refractivity contribution in [2.24, 2.45) is 0 Å². The topological polar surface area (TPSA) is 68.2 Å². The number of hydrogen-bond donors (Lipinski definition) is 2. The van der Waals surface area contributed by atoms with E-state index in [0.717, 1.165) is 0 Å². The Hall–Kier alpha value is -0.200. The van der Waals surface area contributed by atoms with Gasteiger partial charge in [-0.05, 0) is 0 Å². The summed E-state index contributed by atoms with van der Waals surface area (Å²) in [5.41, 5.74) is 0. The average molecular weight is 178 g/mol. The summed E-state index contributed by atoms with van der Waals surface area (Å²) in [6, 6.07) is 0. The summed E-state index contributed by atoms with van der Waals surface area (Å²) in [6.07, 6.45) is -3.07. The van der Waals surface area contributed by atoms with E-state index in [0.29, 0.717) is 6.61 Å². The van der Waals surface area contributed by atoms with Crippen LogP contribution in [0.2, 0.25) is 0 Å². The van der Waals surface area contributed by atoms with Crippen molar-refractivity contribution in [2.45, 2.75) is 24.6 Å². The van der Waals surface area contributed by atoms with Gasteiger partial charge in [-0.3, -0.25) is 0 Å². The molecule has 5 nitrogen and oxygen atoms in total. The fourth-order valence-electron chi connectivity index (χ4n) is 1.31. The van der Waals surface area contributed by atoms with Gasteiger partial charge in [-0.25, -0.2) is 0 Å². The minimum atomic E-state index is -1.17. The van der Waals surface area contributed by atoms with Gasteiger partial charge in [-0.2, -0.15) is 0 Å². The Bertz CT molecular complexity index is 140. The standard InChI is InChI=1S/C7H14O5/c1-10-3-4-6(11-2)5(8)7(9)12-4/h4-9H,3H2,1-2H3. The molecule has 12 heavy (non-hydrogen) atoms. The number of aliphatic hydroxyl groups excluding tert-OH is 2. The maximum Gasteiger partial charge on any atom is 0.184 e. The lowest BCUT2D eigenvalue weighted by Crippen LogP contribution is -2.36. The molecule has 0 aromatic rings. The van der Waals surface area contributed by atoms with Crippen molar-refractivity contribution in [2.75, 3.05) is 20.8 Å². The molecule has 0 aromatic carbocycles. The number of ether oxygens (including phenoxy) is 3. The zero-order valence-electron chi connectivity index (χ0n) is 7.14. The number of rotatable bonds is 3. The van der Waals surface area contributed by atoms with E-state index in [-0.39, 0.29) is 0 Å². The van der Waals surface area contributed by atoms with Gasteiger partial charge in [-0.15, -0.1) is 0 Å². The summed E-state index contributed by atoms with van der Waals surface area (Å²) >= 11 is 0. The molecule has 1 fully saturated rings. The van der Waals surface area contributed by atoms with Crippen LogP contribution >= 0.6 is 0 Å². The van der Waals surface area contributed by atoms with Crippen molar-refractivity contribution in [1.29, 1.82) is 0 Å². The highest BCUT2D eigenvalue weighted by molar-refractivity contribution is 4.86. The van der Waals surface area contributed by atoms with E-state index < -0.39 is 24.6 Å². The Kier molecular flexibility index (Phi) is 3.42. The molecular formula is C7H14O5. The molecule has 4 unspecified atom stereocenters. The zero-order valence-corrected chi connectivity index (χ0v) is 7.14. The lowest BCUT2D eigenvalue weighted by Gasteiger charge is -2.16. The molecule has 0 amide bonds. The Labute approximate surface area is 70.9 Å². The van der Waals surface area contributed by atoms with Gasteiger partial charge >= 0.3 is 0 Å². The van der Waals surface area contributed by atoms with Crippen LogP contribution in [0.5, 0.6) is 0 Å². The van der Waals surface area contributed by atoms with Crippen LogP contribution in [0.1, 0.15) is 0 Å². The quantitative estimate of drug-likeness (QED) is 0.563. The fraction of sp³-hybridized carbons (Fsp3) is 1.00. The van der Waals surface area contributed by atoms with E-state index in [2.05, 4.69) is 0 Å². The summed E-state index contributed by atoms with van der Waals surface area (Å²) in [5, 5.41) is 18.4. The molecule has 0 radical (unpaired) electrons. The van der Waals surface area contributed by atoms with Crippen molar-refractivity contribution in [3.8, 4) is 0 Å². The summed E-state index contributed by atoms with van der Waals surface area (Å²) in [4.78, 5) is 0. The van der Waals surface area contributed by atoms with Gasteiger partial charge in [0.1, 0.15) is 18.3 Å². The fourth-order valence-corrected chi connectivity index (χ4v) is 1.31. The Morgan fingerprint density at radius 1 is 1.33 bits per heavy atom. The first-order valence-corrected chi connectivity index (χ1v) is 3.74. The third-order valence-corrected chi connectivity index (χ3v) is 1.91. The average Bonchev–Trinajstić information content (AvgIpc) is 2.29. The number of hydrogen-bond acceptors (Lipinski definition) is 5. The van der Waals surface area contributed by atoms with Gasteiger partial charge in [0, 0.05) is 14.2 Å². The highest BCUT2D eigenvalue weighted by Crippen LogP contribution is 2.21. The lowest BCUT2D eigenvalue weighted by atomic mass is 10.1. The Morgan fingerprint density at radius 2 is 2.00 bits per heavy atom. The van der Waals surface area contributed by atoms with Crippen LogP contribution < -0.4 is 0 Å². The second-order valence-electron chi connectivity index (χ2n) is 2.71. The molecule has 1 aliphatic heterocycles.